The molecule has 0 fully saturated rings. The Kier molecular flexibility index (Phi) is 4.42. The van der Waals surface area contributed by atoms with Crippen LogP contribution in [0.5, 0.6) is 0 Å². The lowest BCUT2D eigenvalue weighted by Crippen LogP contribution is -2.30. The minimum atomic E-state index is -0.310. The first-order valence-corrected chi connectivity index (χ1v) is 6.17. The molecule has 0 radical (unpaired) electrons. The molecule has 1 aromatic carbocycles. The predicted octanol–water partition coefficient (Wildman–Crippen LogP) is 2.32. The normalized spacial score (nSPS) is 12.4. The summed E-state index contributed by atoms with van der Waals surface area (Å²) in [6.07, 6.45) is 2.01. The summed E-state index contributed by atoms with van der Waals surface area (Å²) in [5.41, 5.74) is 3.85. The smallest absolute Gasteiger partial charge is 0.126 e. The highest BCUT2D eigenvalue weighted by Gasteiger charge is 2.15. The third kappa shape index (κ3) is 3.47. The Morgan fingerprint density at radius 3 is 2.89 bits per heavy atom. The Morgan fingerprint density at radius 2 is 2.21 bits per heavy atom. The van der Waals surface area contributed by atoms with E-state index in [0.29, 0.717) is 22.8 Å². The van der Waals surface area contributed by atoms with E-state index in [1.807, 2.05) is 0 Å². The summed E-state index contributed by atoms with van der Waals surface area (Å²) in [5, 5.41) is 0.492. The Labute approximate surface area is 115 Å². The minimum Gasteiger partial charge on any atom is -0.271 e. The van der Waals surface area contributed by atoms with E-state index in [0.717, 1.165) is 5.69 Å². The van der Waals surface area contributed by atoms with E-state index in [4.69, 9.17) is 17.4 Å². The molecule has 0 aliphatic heterocycles. The summed E-state index contributed by atoms with van der Waals surface area (Å²) >= 11 is 5.87. The van der Waals surface area contributed by atoms with Crippen LogP contribution in [0.25, 0.3) is 0 Å². The maximum atomic E-state index is 13.7. The molecule has 2 aromatic rings. The topological polar surface area (TPSA) is 63.8 Å². The molecule has 0 aliphatic rings. The first-order valence-electron chi connectivity index (χ1n) is 5.79. The summed E-state index contributed by atoms with van der Waals surface area (Å²) in [4.78, 5) is 8.30. The van der Waals surface area contributed by atoms with Crippen molar-refractivity contribution >= 4 is 11.6 Å². The van der Waals surface area contributed by atoms with Gasteiger partial charge in [0.15, 0.2) is 0 Å². The molecule has 4 nitrogen and oxygen atoms in total. The fourth-order valence-corrected chi connectivity index (χ4v) is 2.03. The van der Waals surface area contributed by atoms with Crippen LogP contribution in [0, 0.1) is 12.7 Å². The van der Waals surface area contributed by atoms with Crippen LogP contribution in [0.1, 0.15) is 23.1 Å². The van der Waals surface area contributed by atoms with Crippen molar-refractivity contribution in [2.45, 2.75) is 19.4 Å². The molecule has 6 heteroatoms. The number of benzene rings is 1. The third-order valence-corrected chi connectivity index (χ3v) is 3.02. The highest BCUT2D eigenvalue weighted by molar-refractivity contribution is 6.30. The molecule has 0 spiro atoms. The van der Waals surface area contributed by atoms with Crippen molar-refractivity contribution in [1.82, 2.24) is 15.4 Å². The molecule has 100 valence electrons. The standard InChI is InChI=1S/C13H14ClFN4/c1-8-17-5-4-12(18-8)13(19-16)7-9-6-10(14)2-3-11(9)15/h2-6,13,19H,7,16H2,1H3. The zero-order valence-electron chi connectivity index (χ0n) is 10.4. The zero-order chi connectivity index (χ0) is 13.8. The number of aromatic nitrogens is 2. The number of nitrogens with one attached hydrogen (secondary N) is 1. The van der Waals surface area contributed by atoms with Gasteiger partial charge in [0, 0.05) is 11.2 Å². The summed E-state index contributed by atoms with van der Waals surface area (Å²) < 4.78 is 13.7. The van der Waals surface area contributed by atoms with Gasteiger partial charge in [-0.15, -0.1) is 0 Å². The second kappa shape index (κ2) is 6.06. The van der Waals surface area contributed by atoms with Gasteiger partial charge in [-0.2, -0.15) is 0 Å². The van der Waals surface area contributed by atoms with E-state index < -0.39 is 0 Å². The molecule has 19 heavy (non-hydrogen) atoms. The number of nitrogens with zero attached hydrogens (tertiary/aromatic N) is 2. The van der Waals surface area contributed by atoms with Crippen molar-refractivity contribution in [2.24, 2.45) is 5.84 Å². The van der Waals surface area contributed by atoms with E-state index in [1.165, 1.54) is 12.1 Å². The van der Waals surface area contributed by atoms with Crippen LogP contribution in [0.3, 0.4) is 0 Å². The molecule has 0 aliphatic carbocycles. The number of nitrogens with two attached hydrogens (primary N) is 1. The van der Waals surface area contributed by atoms with Gasteiger partial charge >= 0.3 is 0 Å². The Balaban J connectivity index is 2.26. The quantitative estimate of drug-likeness (QED) is 0.666. The van der Waals surface area contributed by atoms with Gasteiger partial charge < -0.3 is 0 Å². The molecular weight excluding hydrogens is 267 g/mol. The van der Waals surface area contributed by atoms with E-state index in [-0.39, 0.29) is 11.9 Å². The van der Waals surface area contributed by atoms with Crippen LogP contribution >= 0.6 is 11.6 Å². The van der Waals surface area contributed by atoms with Crippen molar-refractivity contribution < 1.29 is 4.39 Å². The van der Waals surface area contributed by atoms with Gasteiger partial charge in [-0.25, -0.2) is 14.4 Å². The van der Waals surface area contributed by atoms with Crippen LogP contribution in [-0.2, 0) is 6.42 Å². The number of halogens is 2. The average Bonchev–Trinajstić information content (AvgIpc) is 2.39. The molecule has 0 saturated carbocycles. The minimum absolute atomic E-state index is 0.297. The third-order valence-electron chi connectivity index (χ3n) is 2.79. The predicted molar refractivity (Wildman–Crippen MR) is 71.9 cm³/mol. The summed E-state index contributed by atoms with van der Waals surface area (Å²) in [6.45, 7) is 1.79. The fourth-order valence-electron chi connectivity index (χ4n) is 1.84. The van der Waals surface area contributed by atoms with Crippen molar-refractivity contribution in [3.63, 3.8) is 0 Å². The monoisotopic (exact) mass is 280 g/mol. The van der Waals surface area contributed by atoms with Gasteiger partial charge in [0.25, 0.3) is 0 Å². The molecule has 0 amide bonds. The highest BCUT2D eigenvalue weighted by Crippen LogP contribution is 2.21. The molecule has 1 aromatic heterocycles. The fraction of sp³-hybridized carbons (Fsp3) is 0.231. The van der Waals surface area contributed by atoms with Crippen LogP contribution in [0.2, 0.25) is 5.02 Å². The Hall–Kier alpha value is -1.56. The lowest BCUT2D eigenvalue weighted by Gasteiger charge is -2.16. The van der Waals surface area contributed by atoms with Crippen molar-refractivity contribution in [3.05, 3.63) is 58.4 Å². The summed E-state index contributed by atoms with van der Waals surface area (Å²) in [7, 11) is 0. The van der Waals surface area contributed by atoms with Gasteiger partial charge in [0.1, 0.15) is 11.6 Å². The SMILES string of the molecule is Cc1nccc(C(Cc2cc(Cl)ccc2F)NN)n1. The molecule has 1 heterocycles. The van der Waals surface area contributed by atoms with Gasteiger partial charge in [-0.05, 0) is 43.2 Å². The Morgan fingerprint density at radius 1 is 1.42 bits per heavy atom. The van der Waals surface area contributed by atoms with Crippen LogP contribution < -0.4 is 11.3 Å². The lowest BCUT2D eigenvalue weighted by atomic mass is 10.0. The zero-order valence-corrected chi connectivity index (χ0v) is 11.2. The lowest BCUT2D eigenvalue weighted by molar-refractivity contribution is 0.517. The maximum absolute atomic E-state index is 13.7. The summed E-state index contributed by atoms with van der Waals surface area (Å²) in [6, 6.07) is 5.90. The van der Waals surface area contributed by atoms with Gasteiger partial charge in [-0.3, -0.25) is 11.3 Å². The largest absolute Gasteiger partial charge is 0.271 e. The van der Waals surface area contributed by atoms with Crippen molar-refractivity contribution in [2.75, 3.05) is 0 Å². The maximum Gasteiger partial charge on any atom is 0.126 e. The van der Waals surface area contributed by atoms with E-state index in [2.05, 4.69) is 15.4 Å². The summed E-state index contributed by atoms with van der Waals surface area (Å²) in [5.74, 6) is 5.86. The van der Waals surface area contributed by atoms with Gasteiger partial charge in [0.05, 0.1) is 11.7 Å². The number of hydrogen-bond acceptors (Lipinski definition) is 4. The number of hydrogen-bond donors (Lipinski definition) is 2. The Bertz CT molecular complexity index is 576. The van der Waals surface area contributed by atoms with Gasteiger partial charge in [0.2, 0.25) is 0 Å². The van der Waals surface area contributed by atoms with Crippen LogP contribution in [-0.4, -0.2) is 9.97 Å². The van der Waals surface area contributed by atoms with Crippen molar-refractivity contribution in [1.29, 1.82) is 0 Å². The molecule has 0 saturated heterocycles. The molecule has 3 N–H and O–H groups in total. The first kappa shape index (κ1) is 13.9. The molecule has 0 bridgehead atoms. The van der Waals surface area contributed by atoms with Gasteiger partial charge in [-0.1, -0.05) is 11.6 Å². The molecule has 1 atom stereocenters. The first-order chi connectivity index (χ1) is 9.10. The molecule has 1 unspecified atom stereocenters. The van der Waals surface area contributed by atoms with E-state index in [9.17, 15) is 4.39 Å². The average molecular weight is 281 g/mol. The van der Waals surface area contributed by atoms with Crippen LogP contribution in [0.4, 0.5) is 4.39 Å². The number of hydrazine groups is 1. The molecular formula is C13H14ClFN4. The van der Waals surface area contributed by atoms with Crippen molar-refractivity contribution in [3.8, 4) is 0 Å². The van der Waals surface area contributed by atoms with E-state index in [1.54, 1.807) is 25.3 Å². The highest BCUT2D eigenvalue weighted by atomic mass is 35.5. The number of rotatable bonds is 4. The van der Waals surface area contributed by atoms with Crippen LogP contribution in [0.15, 0.2) is 30.5 Å². The molecule has 2 rings (SSSR count). The van der Waals surface area contributed by atoms with E-state index >= 15 is 0 Å². The second-order valence-corrected chi connectivity index (χ2v) is 4.62. The second-order valence-electron chi connectivity index (χ2n) is 4.19. The number of aryl methyl sites for hydroxylation is 1.